The summed E-state index contributed by atoms with van der Waals surface area (Å²) in [6, 6.07) is 0.270. The van der Waals surface area contributed by atoms with Crippen LogP contribution >= 0.6 is 0 Å². The largest absolute Gasteiger partial charge is 0.608 e. The second-order valence-corrected chi connectivity index (χ2v) is 10.6. The van der Waals surface area contributed by atoms with Gasteiger partial charge in [0.2, 0.25) is 0 Å². The highest BCUT2D eigenvalue weighted by atomic mass is 32.2. The number of urea groups is 1. The Labute approximate surface area is 192 Å². The van der Waals surface area contributed by atoms with Crippen LogP contribution in [-0.4, -0.2) is 38.7 Å². The molecule has 1 unspecified atom stereocenters. The average Bonchev–Trinajstić information content (AvgIpc) is 3.55. The summed E-state index contributed by atoms with van der Waals surface area (Å²) >= 11 is 0. The van der Waals surface area contributed by atoms with Gasteiger partial charge < -0.3 is 14.4 Å². The number of carbonyl (C=O) groups excluding carboxylic acids is 1. The number of fused-ring (bicyclic) bond motifs is 2. The second-order valence-electron chi connectivity index (χ2n) is 8.87. The lowest BCUT2D eigenvalue weighted by molar-refractivity contribution is -0.604. The van der Waals surface area contributed by atoms with Crippen molar-refractivity contribution in [2.45, 2.75) is 64.3 Å². The lowest BCUT2D eigenvalue weighted by Gasteiger charge is -2.33. The van der Waals surface area contributed by atoms with Crippen LogP contribution in [0.25, 0.3) is 0 Å². The number of hydrogen-bond donors (Lipinski definition) is 2. The van der Waals surface area contributed by atoms with E-state index in [-0.39, 0.29) is 6.01 Å². The summed E-state index contributed by atoms with van der Waals surface area (Å²) in [5.74, 6) is 0.407. The fraction of sp³-hybridized carbons (Fsp3) is 0.545. The van der Waals surface area contributed by atoms with Gasteiger partial charge in [-0.2, -0.15) is 17.2 Å². The SMILES string of the molecule is Cc1cnc(N(C2CCOCC2)S(=O)(=O)[NH+]([O-])C(=O)Nc2c3c(cc4c2CCC4)CCC3)o1. The van der Waals surface area contributed by atoms with Crippen LogP contribution in [0.4, 0.5) is 16.5 Å². The van der Waals surface area contributed by atoms with Crippen molar-refractivity contribution in [1.29, 1.82) is 0 Å². The predicted molar refractivity (Wildman–Crippen MR) is 120 cm³/mol. The highest BCUT2D eigenvalue weighted by Gasteiger charge is 2.42. The Hall–Kier alpha value is -2.47. The number of anilines is 2. The monoisotopic (exact) mass is 476 g/mol. The third kappa shape index (κ3) is 4.03. The van der Waals surface area contributed by atoms with Crippen molar-refractivity contribution >= 4 is 27.9 Å². The van der Waals surface area contributed by atoms with Crippen molar-refractivity contribution < 1.29 is 26.8 Å². The standard InChI is InChI=1S/C22H28N4O6S/c1-14-13-23-22(32-14)25(17-8-10-31-11-9-17)33(29,30)26(28)21(27)24-20-18-6-2-4-15(18)12-16-5-3-7-19(16)20/h12-13,17,26H,2-11H2,1H3,(H,24,27). The quantitative estimate of drug-likeness (QED) is 0.630. The molecule has 10 nitrogen and oxygen atoms in total. The zero-order valence-electron chi connectivity index (χ0n) is 18.6. The Bertz CT molecular complexity index is 1140. The lowest BCUT2D eigenvalue weighted by Crippen LogP contribution is -3.14. The van der Waals surface area contributed by atoms with E-state index in [1.54, 1.807) is 6.92 Å². The molecular weight excluding hydrogens is 448 g/mol. The third-order valence-electron chi connectivity index (χ3n) is 6.71. The van der Waals surface area contributed by atoms with Gasteiger partial charge >= 0.3 is 22.3 Å². The Balaban J connectivity index is 1.45. The maximum Gasteiger partial charge on any atom is 0.436 e. The minimum absolute atomic E-state index is 0.206. The van der Waals surface area contributed by atoms with Crippen LogP contribution in [0.1, 0.15) is 53.7 Å². The molecule has 33 heavy (non-hydrogen) atoms. The molecule has 1 saturated heterocycles. The first-order chi connectivity index (χ1) is 15.9. The Morgan fingerprint density at radius 2 is 1.79 bits per heavy atom. The minimum Gasteiger partial charge on any atom is -0.608 e. The van der Waals surface area contributed by atoms with Crippen LogP contribution < -0.4 is 14.1 Å². The molecule has 1 fully saturated rings. The van der Waals surface area contributed by atoms with E-state index >= 15 is 0 Å². The normalized spacial score (nSPS) is 19.2. The number of aromatic nitrogens is 1. The van der Waals surface area contributed by atoms with Crippen molar-refractivity contribution in [3.63, 3.8) is 0 Å². The van der Waals surface area contributed by atoms with Gasteiger partial charge in [-0.3, -0.25) is 5.32 Å². The van der Waals surface area contributed by atoms with Gasteiger partial charge in [0.05, 0.1) is 17.9 Å². The summed E-state index contributed by atoms with van der Waals surface area (Å²) in [5, 5.41) is 15.8. The van der Waals surface area contributed by atoms with Crippen LogP contribution in [0.3, 0.4) is 0 Å². The number of hydrogen-bond acceptors (Lipinski definition) is 7. The molecule has 1 aromatic heterocycles. The van der Waals surface area contributed by atoms with Gasteiger partial charge in [0, 0.05) is 13.2 Å². The van der Waals surface area contributed by atoms with E-state index in [9.17, 15) is 18.4 Å². The van der Waals surface area contributed by atoms with E-state index < -0.39 is 26.8 Å². The van der Waals surface area contributed by atoms with Gasteiger partial charge in [0.25, 0.3) is 0 Å². The highest BCUT2D eigenvalue weighted by Crippen LogP contribution is 2.38. The Kier molecular flexibility index (Phi) is 5.89. The molecule has 178 valence electrons. The minimum atomic E-state index is -4.72. The number of hydroxylamine groups is 1. The number of carbonyl (C=O) groups is 1. The van der Waals surface area contributed by atoms with Gasteiger partial charge in [-0.15, -0.1) is 0 Å². The zero-order valence-corrected chi connectivity index (χ0v) is 19.4. The van der Waals surface area contributed by atoms with Crippen molar-refractivity contribution in [1.82, 2.24) is 4.98 Å². The van der Waals surface area contributed by atoms with Gasteiger partial charge in [-0.1, -0.05) is 6.07 Å². The van der Waals surface area contributed by atoms with E-state index in [2.05, 4.69) is 16.4 Å². The Morgan fingerprint density at radius 3 is 2.36 bits per heavy atom. The van der Waals surface area contributed by atoms with Crippen LogP contribution in [0.5, 0.6) is 0 Å². The van der Waals surface area contributed by atoms with Gasteiger partial charge in [0.1, 0.15) is 5.76 Å². The number of quaternary nitrogens is 1. The van der Waals surface area contributed by atoms with Crippen molar-refractivity contribution in [3.05, 3.63) is 45.5 Å². The van der Waals surface area contributed by atoms with Crippen molar-refractivity contribution in [3.8, 4) is 0 Å². The molecule has 1 aliphatic heterocycles. The molecule has 1 aromatic carbocycles. The van der Waals surface area contributed by atoms with Gasteiger partial charge in [0.15, 0.2) is 0 Å². The maximum atomic E-state index is 13.4. The number of nitrogens with one attached hydrogen (secondary N) is 2. The first-order valence-electron chi connectivity index (χ1n) is 11.4. The molecule has 3 aliphatic rings. The van der Waals surface area contributed by atoms with E-state index in [4.69, 9.17) is 9.15 Å². The van der Waals surface area contributed by atoms with E-state index in [0.29, 0.717) is 37.5 Å². The molecular formula is C22H28N4O6S. The second kappa shape index (κ2) is 8.71. The molecule has 11 heteroatoms. The van der Waals surface area contributed by atoms with Crippen LogP contribution in [0, 0.1) is 12.1 Å². The fourth-order valence-corrected chi connectivity index (χ4v) is 6.52. The molecule has 0 saturated carbocycles. The van der Waals surface area contributed by atoms with Crippen molar-refractivity contribution in [2.24, 2.45) is 0 Å². The van der Waals surface area contributed by atoms with Gasteiger partial charge in [-0.05, 0) is 80.5 Å². The summed E-state index contributed by atoms with van der Waals surface area (Å²) in [5.41, 5.74) is 5.05. The first kappa shape index (κ1) is 22.3. The number of amides is 2. The topological polar surface area (TPSA) is 129 Å². The summed E-state index contributed by atoms with van der Waals surface area (Å²) in [6.07, 6.45) is 7.56. The molecule has 1 atom stereocenters. The predicted octanol–water partition coefficient (Wildman–Crippen LogP) is 1.81. The highest BCUT2D eigenvalue weighted by molar-refractivity contribution is 7.86. The van der Waals surface area contributed by atoms with E-state index in [0.717, 1.165) is 54.0 Å². The molecule has 2 aliphatic carbocycles. The van der Waals surface area contributed by atoms with Crippen LogP contribution in [0.2, 0.25) is 0 Å². The maximum absolute atomic E-state index is 13.4. The molecule has 2 aromatic rings. The number of rotatable bonds is 5. The average molecular weight is 477 g/mol. The molecule has 0 radical (unpaired) electrons. The fourth-order valence-electron chi connectivity index (χ4n) is 5.16. The molecule has 2 amide bonds. The number of benzene rings is 1. The molecule has 2 heterocycles. The molecule has 5 rings (SSSR count). The van der Waals surface area contributed by atoms with E-state index in [1.807, 2.05) is 0 Å². The number of nitrogens with zero attached hydrogens (tertiary/aromatic N) is 2. The summed E-state index contributed by atoms with van der Waals surface area (Å²) in [6.45, 7) is 2.33. The molecule has 0 bridgehead atoms. The summed E-state index contributed by atoms with van der Waals surface area (Å²) in [4.78, 5) is 17.1. The number of aryl methyl sites for hydroxylation is 3. The lowest BCUT2D eigenvalue weighted by atomic mass is 9.99. The first-order valence-corrected chi connectivity index (χ1v) is 12.9. The third-order valence-corrected chi connectivity index (χ3v) is 8.34. The van der Waals surface area contributed by atoms with Gasteiger partial charge in [-0.25, -0.2) is 9.78 Å². The van der Waals surface area contributed by atoms with Crippen LogP contribution in [-0.2, 0) is 40.6 Å². The zero-order chi connectivity index (χ0) is 23.2. The Morgan fingerprint density at radius 1 is 1.15 bits per heavy atom. The van der Waals surface area contributed by atoms with Crippen LogP contribution in [0.15, 0.2) is 16.7 Å². The molecule has 0 spiro atoms. The molecule has 2 N–H and O–H groups in total. The summed E-state index contributed by atoms with van der Waals surface area (Å²) in [7, 11) is -4.72. The number of ether oxygens (including phenoxy) is 1. The number of oxazole rings is 1. The van der Waals surface area contributed by atoms with Crippen molar-refractivity contribution in [2.75, 3.05) is 22.8 Å². The smallest absolute Gasteiger partial charge is 0.436 e. The summed E-state index contributed by atoms with van der Waals surface area (Å²) < 4.78 is 37.0. The van der Waals surface area contributed by atoms with E-state index in [1.165, 1.54) is 17.3 Å².